The molecule has 1 nitrogen and oxygen atoms in total. The third kappa shape index (κ3) is 1.23. The number of carbonyl (C=O) groups is 1. The highest BCUT2D eigenvalue weighted by atomic mass is 35.5. The standard InChI is InChI=1S/C5H3Cl3O/c6-2-1-3(9)5(8)4(2)7/h2H,1H2. The third-order valence-electron chi connectivity index (χ3n) is 1.09. The molecule has 0 spiro atoms. The molecule has 0 N–H and O–H groups in total. The molecule has 1 unspecified atom stereocenters. The van der Waals surface area contributed by atoms with Gasteiger partial charge in [-0.25, -0.2) is 0 Å². The van der Waals surface area contributed by atoms with Gasteiger partial charge in [0.1, 0.15) is 0 Å². The predicted molar refractivity (Wildman–Crippen MR) is 38.0 cm³/mol. The molecule has 9 heavy (non-hydrogen) atoms. The molecule has 0 aromatic rings. The number of allylic oxidation sites excluding steroid dienone is 2. The molecular weight excluding hydrogens is 182 g/mol. The van der Waals surface area contributed by atoms with Gasteiger partial charge in [0.25, 0.3) is 0 Å². The molecule has 50 valence electrons. The van der Waals surface area contributed by atoms with Crippen LogP contribution in [-0.4, -0.2) is 11.2 Å². The third-order valence-corrected chi connectivity index (χ3v) is 2.54. The van der Waals surface area contributed by atoms with Crippen LogP contribution >= 0.6 is 34.8 Å². The Morgan fingerprint density at radius 2 is 2.00 bits per heavy atom. The van der Waals surface area contributed by atoms with Crippen molar-refractivity contribution < 1.29 is 4.79 Å². The molecule has 1 aliphatic carbocycles. The van der Waals surface area contributed by atoms with E-state index in [2.05, 4.69) is 0 Å². The molecule has 0 bridgehead atoms. The zero-order valence-electron chi connectivity index (χ0n) is 4.33. The largest absolute Gasteiger partial charge is 0.293 e. The van der Waals surface area contributed by atoms with Gasteiger partial charge in [-0.3, -0.25) is 4.79 Å². The molecule has 1 aliphatic rings. The van der Waals surface area contributed by atoms with E-state index in [0.29, 0.717) is 0 Å². The van der Waals surface area contributed by atoms with E-state index in [-0.39, 0.29) is 22.3 Å². The first-order chi connectivity index (χ1) is 4.13. The van der Waals surface area contributed by atoms with Gasteiger partial charge in [-0.1, -0.05) is 23.2 Å². The van der Waals surface area contributed by atoms with E-state index >= 15 is 0 Å². The van der Waals surface area contributed by atoms with E-state index in [1.165, 1.54) is 0 Å². The van der Waals surface area contributed by atoms with Crippen LogP contribution in [0, 0.1) is 0 Å². The first-order valence-corrected chi connectivity index (χ1v) is 3.54. The Hall–Kier alpha value is 0.280. The summed E-state index contributed by atoms with van der Waals surface area (Å²) in [4.78, 5) is 10.6. The van der Waals surface area contributed by atoms with E-state index in [1.807, 2.05) is 0 Å². The highest BCUT2D eigenvalue weighted by molar-refractivity contribution is 6.53. The fraction of sp³-hybridized carbons (Fsp3) is 0.400. The van der Waals surface area contributed by atoms with Crippen LogP contribution in [0.5, 0.6) is 0 Å². The van der Waals surface area contributed by atoms with Crippen molar-refractivity contribution in [2.45, 2.75) is 11.8 Å². The number of alkyl halides is 1. The van der Waals surface area contributed by atoms with Crippen molar-refractivity contribution in [3.8, 4) is 0 Å². The van der Waals surface area contributed by atoms with Crippen LogP contribution in [0.25, 0.3) is 0 Å². The van der Waals surface area contributed by atoms with Crippen LogP contribution in [0.2, 0.25) is 0 Å². The molecule has 0 fully saturated rings. The minimum atomic E-state index is -0.397. The summed E-state index contributed by atoms with van der Waals surface area (Å²) in [6, 6.07) is 0. The molecular formula is C5H3Cl3O. The first-order valence-electron chi connectivity index (χ1n) is 2.35. The van der Waals surface area contributed by atoms with Crippen LogP contribution < -0.4 is 0 Å². The van der Waals surface area contributed by atoms with E-state index in [4.69, 9.17) is 34.8 Å². The molecule has 0 aromatic carbocycles. The number of Topliss-reactive ketones (excluding diaryl/α,β-unsaturated/α-hetero) is 1. The quantitative estimate of drug-likeness (QED) is 0.529. The Labute approximate surface area is 67.6 Å². The lowest BCUT2D eigenvalue weighted by molar-refractivity contribution is -0.114. The summed E-state index contributed by atoms with van der Waals surface area (Å²) >= 11 is 16.5. The number of hydrogen-bond donors (Lipinski definition) is 0. The average Bonchev–Trinajstić information content (AvgIpc) is 1.98. The molecule has 4 heteroatoms. The van der Waals surface area contributed by atoms with Crippen LogP contribution in [0.3, 0.4) is 0 Å². The van der Waals surface area contributed by atoms with Crippen LogP contribution in [-0.2, 0) is 4.79 Å². The van der Waals surface area contributed by atoms with E-state index < -0.39 is 5.38 Å². The highest BCUT2D eigenvalue weighted by Crippen LogP contribution is 2.32. The molecule has 1 rings (SSSR count). The fourth-order valence-corrected chi connectivity index (χ4v) is 1.31. The van der Waals surface area contributed by atoms with Gasteiger partial charge in [0, 0.05) is 6.42 Å². The zero-order valence-corrected chi connectivity index (χ0v) is 6.59. The van der Waals surface area contributed by atoms with Crippen molar-refractivity contribution in [3.05, 3.63) is 10.1 Å². The summed E-state index contributed by atoms with van der Waals surface area (Å²) in [5.74, 6) is -0.165. The second-order valence-corrected chi connectivity index (χ2v) is 3.07. The summed E-state index contributed by atoms with van der Waals surface area (Å²) in [5, 5.41) is -0.0216. The Kier molecular flexibility index (Phi) is 2.04. The van der Waals surface area contributed by atoms with Crippen molar-refractivity contribution in [3.63, 3.8) is 0 Å². The summed E-state index contributed by atoms with van der Waals surface area (Å²) in [6.07, 6.45) is 0.235. The smallest absolute Gasteiger partial charge is 0.177 e. The topological polar surface area (TPSA) is 17.1 Å². The Balaban J connectivity index is 2.92. The van der Waals surface area contributed by atoms with E-state index in [0.717, 1.165) is 0 Å². The first kappa shape index (κ1) is 7.39. The molecule has 0 heterocycles. The number of ketones is 1. The summed E-state index contributed by atoms with van der Waals surface area (Å²) < 4.78 is 0. The average molecular weight is 185 g/mol. The predicted octanol–water partition coefficient (Wildman–Crippen LogP) is 2.26. The fourth-order valence-electron chi connectivity index (χ4n) is 0.613. The second-order valence-electron chi connectivity index (χ2n) is 1.76. The zero-order chi connectivity index (χ0) is 7.02. The van der Waals surface area contributed by atoms with Crippen molar-refractivity contribution in [2.24, 2.45) is 0 Å². The van der Waals surface area contributed by atoms with Gasteiger partial charge in [0.2, 0.25) is 0 Å². The van der Waals surface area contributed by atoms with Crippen LogP contribution in [0.4, 0.5) is 0 Å². The summed E-state index contributed by atoms with van der Waals surface area (Å²) in [5.41, 5.74) is 0. The lowest BCUT2D eigenvalue weighted by atomic mass is 10.3. The van der Waals surface area contributed by atoms with Crippen molar-refractivity contribution in [1.82, 2.24) is 0 Å². The molecule has 0 saturated heterocycles. The number of carbonyl (C=O) groups excluding carboxylic acids is 1. The van der Waals surface area contributed by atoms with Gasteiger partial charge in [0.05, 0.1) is 15.4 Å². The van der Waals surface area contributed by atoms with Gasteiger partial charge in [0.15, 0.2) is 5.78 Å². The monoisotopic (exact) mass is 184 g/mol. The minimum absolute atomic E-state index is 0.0941. The molecule has 0 aliphatic heterocycles. The molecule has 1 atom stereocenters. The normalized spacial score (nSPS) is 27.9. The van der Waals surface area contributed by atoms with E-state index in [1.54, 1.807) is 0 Å². The van der Waals surface area contributed by atoms with Gasteiger partial charge < -0.3 is 0 Å². The lowest BCUT2D eigenvalue weighted by Gasteiger charge is -1.92. The maximum absolute atomic E-state index is 10.6. The molecule has 0 aromatic heterocycles. The number of halogens is 3. The maximum Gasteiger partial charge on any atom is 0.177 e. The van der Waals surface area contributed by atoms with Crippen molar-refractivity contribution in [1.29, 1.82) is 0 Å². The van der Waals surface area contributed by atoms with Crippen LogP contribution in [0.15, 0.2) is 10.1 Å². The SMILES string of the molecule is O=C1CC(Cl)C(Cl)=C1Cl. The van der Waals surface area contributed by atoms with Crippen molar-refractivity contribution >= 4 is 40.6 Å². The Morgan fingerprint density at radius 1 is 1.44 bits per heavy atom. The maximum atomic E-state index is 10.6. The molecule has 0 saturated carbocycles. The van der Waals surface area contributed by atoms with Gasteiger partial charge in [-0.2, -0.15) is 0 Å². The second kappa shape index (κ2) is 2.49. The van der Waals surface area contributed by atoms with Crippen LogP contribution in [0.1, 0.15) is 6.42 Å². The van der Waals surface area contributed by atoms with Gasteiger partial charge in [-0.05, 0) is 0 Å². The summed E-state index contributed by atoms with van der Waals surface area (Å²) in [7, 11) is 0. The minimum Gasteiger partial charge on any atom is -0.293 e. The Morgan fingerprint density at radius 3 is 2.11 bits per heavy atom. The lowest BCUT2D eigenvalue weighted by Crippen LogP contribution is -1.94. The number of rotatable bonds is 0. The molecule has 0 amide bonds. The summed E-state index contributed by atoms with van der Waals surface area (Å²) in [6.45, 7) is 0. The van der Waals surface area contributed by atoms with E-state index in [9.17, 15) is 4.79 Å². The molecule has 0 radical (unpaired) electrons. The van der Waals surface area contributed by atoms with Gasteiger partial charge in [-0.15, -0.1) is 11.6 Å². The Bertz CT molecular complexity index is 185. The highest BCUT2D eigenvalue weighted by Gasteiger charge is 2.28. The number of hydrogen-bond acceptors (Lipinski definition) is 1. The van der Waals surface area contributed by atoms with Gasteiger partial charge >= 0.3 is 0 Å². The van der Waals surface area contributed by atoms with Crippen molar-refractivity contribution in [2.75, 3.05) is 0 Å².